The van der Waals surface area contributed by atoms with Gasteiger partial charge in [0.15, 0.2) is 0 Å². The van der Waals surface area contributed by atoms with Gasteiger partial charge in [0, 0.05) is 50.9 Å². The molecule has 3 saturated heterocycles. The molecule has 3 aliphatic heterocycles. The highest BCUT2D eigenvalue weighted by Crippen LogP contribution is 2.25. The Morgan fingerprint density at radius 2 is 1.81 bits per heavy atom. The van der Waals surface area contributed by atoms with Gasteiger partial charge in [-0.25, -0.2) is 4.79 Å². The third-order valence-electron chi connectivity index (χ3n) is 5.87. The van der Waals surface area contributed by atoms with Gasteiger partial charge in [0.25, 0.3) is 11.8 Å². The second-order valence-corrected chi connectivity index (χ2v) is 7.59. The smallest absolute Gasteiger partial charge is 0.322 e. The van der Waals surface area contributed by atoms with Gasteiger partial charge in [-0.05, 0) is 31.0 Å². The van der Waals surface area contributed by atoms with Crippen LogP contribution >= 0.6 is 0 Å². The number of hydrogen-bond donors (Lipinski definition) is 3. The molecule has 8 heteroatoms. The number of benzene rings is 1. The van der Waals surface area contributed by atoms with Crippen LogP contribution in [0.3, 0.4) is 0 Å². The van der Waals surface area contributed by atoms with Gasteiger partial charge in [-0.1, -0.05) is 12.1 Å². The zero-order valence-corrected chi connectivity index (χ0v) is 15.5. The Morgan fingerprint density at radius 3 is 2.44 bits per heavy atom. The molecule has 2 atom stereocenters. The molecule has 0 aromatic heterocycles. The maximum atomic E-state index is 12.9. The highest BCUT2D eigenvalue weighted by atomic mass is 16.2. The van der Waals surface area contributed by atoms with E-state index in [9.17, 15) is 14.4 Å². The number of carbonyl (C=O) groups is 3. The summed E-state index contributed by atoms with van der Waals surface area (Å²) >= 11 is 0. The largest absolute Gasteiger partial charge is 0.337 e. The fourth-order valence-electron chi connectivity index (χ4n) is 4.15. The van der Waals surface area contributed by atoms with Crippen molar-refractivity contribution in [2.45, 2.75) is 24.9 Å². The molecule has 4 amide bonds. The first kappa shape index (κ1) is 17.9. The minimum atomic E-state index is -1.10. The second-order valence-electron chi connectivity index (χ2n) is 7.59. The summed E-state index contributed by atoms with van der Waals surface area (Å²) in [6, 6.07) is 6.88. The van der Waals surface area contributed by atoms with E-state index in [1.807, 2.05) is 4.90 Å². The Labute approximate surface area is 158 Å². The van der Waals surface area contributed by atoms with E-state index >= 15 is 0 Å². The monoisotopic (exact) mass is 371 g/mol. The first-order chi connectivity index (χ1) is 13.0. The van der Waals surface area contributed by atoms with E-state index < -0.39 is 11.6 Å². The molecule has 4 rings (SSSR count). The fourth-order valence-corrected chi connectivity index (χ4v) is 4.15. The van der Waals surface area contributed by atoms with Crippen molar-refractivity contribution in [1.82, 2.24) is 25.8 Å². The number of nitrogens with one attached hydrogen (secondary N) is 3. The van der Waals surface area contributed by atoms with E-state index in [1.165, 1.54) is 0 Å². The molecule has 0 spiro atoms. The summed E-state index contributed by atoms with van der Waals surface area (Å²) in [6.45, 7) is 7.27. The van der Waals surface area contributed by atoms with E-state index in [-0.39, 0.29) is 11.8 Å². The van der Waals surface area contributed by atoms with Crippen LogP contribution in [0.25, 0.3) is 0 Å². The summed E-state index contributed by atoms with van der Waals surface area (Å²) in [4.78, 5) is 40.7. The number of nitrogens with zero attached hydrogens (tertiary/aromatic N) is 2. The van der Waals surface area contributed by atoms with Crippen LogP contribution in [-0.4, -0.2) is 73.0 Å². The Bertz CT molecular complexity index is 759. The van der Waals surface area contributed by atoms with Crippen LogP contribution in [0.2, 0.25) is 0 Å². The molecule has 3 heterocycles. The Balaban J connectivity index is 1.42. The highest BCUT2D eigenvalue weighted by molar-refractivity contribution is 6.07. The topological polar surface area (TPSA) is 93.8 Å². The summed E-state index contributed by atoms with van der Waals surface area (Å²) < 4.78 is 0. The lowest BCUT2D eigenvalue weighted by Gasteiger charge is -2.32. The highest BCUT2D eigenvalue weighted by Gasteiger charge is 2.43. The van der Waals surface area contributed by atoms with E-state index in [2.05, 4.69) is 20.9 Å². The lowest BCUT2D eigenvalue weighted by Crippen LogP contribution is -2.49. The average Bonchev–Trinajstić information content (AvgIpc) is 3.27. The van der Waals surface area contributed by atoms with Crippen LogP contribution in [0.5, 0.6) is 0 Å². The van der Waals surface area contributed by atoms with E-state index in [1.54, 1.807) is 31.2 Å². The molecule has 0 bridgehead atoms. The Kier molecular flexibility index (Phi) is 4.61. The van der Waals surface area contributed by atoms with Gasteiger partial charge in [-0.2, -0.15) is 0 Å². The van der Waals surface area contributed by atoms with Crippen LogP contribution in [0.15, 0.2) is 24.3 Å². The van der Waals surface area contributed by atoms with Crippen LogP contribution in [0.1, 0.15) is 29.3 Å². The lowest BCUT2D eigenvalue weighted by atomic mass is 9.91. The third-order valence-corrected chi connectivity index (χ3v) is 5.87. The van der Waals surface area contributed by atoms with Crippen molar-refractivity contribution >= 4 is 17.8 Å². The number of rotatable bonds is 3. The molecular weight excluding hydrogens is 346 g/mol. The molecule has 3 aliphatic rings. The molecule has 2 unspecified atom stereocenters. The molecular formula is C19H25N5O3. The second kappa shape index (κ2) is 6.94. The van der Waals surface area contributed by atoms with Crippen molar-refractivity contribution in [3.63, 3.8) is 0 Å². The Morgan fingerprint density at radius 1 is 1.11 bits per heavy atom. The van der Waals surface area contributed by atoms with Crippen LogP contribution in [0, 0.1) is 0 Å². The van der Waals surface area contributed by atoms with Crippen molar-refractivity contribution < 1.29 is 14.4 Å². The molecule has 144 valence electrons. The molecule has 0 saturated carbocycles. The van der Waals surface area contributed by atoms with Crippen molar-refractivity contribution in [2.75, 3.05) is 39.3 Å². The number of hydrogen-bond acceptors (Lipinski definition) is 5. The van der Waals surface area contributed by atoms with Gasteiger partial charge >= 0.3 is 6.03 Å². The molecule has 1 aromatic rings. The number of amides is 4. The summed E-state index contributed by atoms with van der Waals surface area (Å²) in [5, 5.41) is 8.25. The van der Waals surface area contributed by atoms with E-state index in [4.69, 9.17) is 0 Å². The van der Waals surface area contributed by atoms with Gasteiger partial charge in [0.2, 0.25) is 0 Å². The van der Waals surface area contributed by atoms with Gasteiger partial charge < -0.3 is 15.5 Å². The third kappa shape index (κ3) is 3.30. The lowest BCUT2D eigenvalue weighted by molar-refractivity contribution is -0.123. The van der Waals surface area contributed by atoms with Gasteiger partial charge in [0.05, 0.1) is 0 Å². The molecule has 3 N–H and O–H groups in total. The van der Waals surface area contributed by atoms with Crippen molar-refractivity contribution in [3.8, 4) is 0 Å². The summed E-state index contributed by atoms with van der Waals surface area (Å²) in [5.41, 5.74) is 0.162. The standard InChI is InChI=1S/C19H25N5O3/c1-19(17(26)21-18(27)22-19)14-4-2-13(3-5-14)16(25)24-9-6-15(12-24)23-10-7-20-8-11-23/h2-5,15,20H,6-12H2,1H3,(H2,21,22,26,27). The molecule has 8 nitrogen and oxygen atoms in total. The number of imide groups is 1. The van der Waals surface area contributed by atoms with E-state index in [0.29, 0.717) is 17.2 Å². The maximum Gasteiger partial charge on any atom is 0.322 e. The Hall–Kier alpha value is -2.45. The number of carbonyl (C=O) groups excluding carboxylic acids is 3. The number of urea groups is 1. The molecule has 0 radical (unpaired) electrons. The van der Waals surface area contributed by atoms with Gasteiger partial charge in [-0.3, -0.25) is 19.8 Å². The summed E-state index contributed by atoms with van der Waals surface area (Å²) in [7, 11) is 0. The molecule has 1 aromatic carbocycles. The zero-order valence-electron chi connectivity index (χ0n) is 15.5. The minimum absolute atomic E-state index is 0.0178. The molecule has 0 aliphatic carbocycles. The predicted molar refractivity (Wildman–Crippen MR) is 99.2 cm³/mol. The quantitative estimate of drug-likeness (QED) is 0.643. The molecule has 27 heavy (non-hydrogen) atoms. The van der Waals surface area contributed by atoms with Crippen LogP contribution in [-0.2, 0) is 10.3 Å². The zero-order chi connectivity index (χ0) is 19.0. The van der Waals surface area contributed by atoms with Crippen LogP contribution < -0.4 is 16.0 Å². The first-order valence-corrected chi connectivity index (χ1v) is 9.45. The predicted octanol–water partition coefficient (Wildman–Crippen LogP) is -0.139. The van der Waals surface area contributed by atoms with Crippen molar-refractivity contribution in [1.29, 1.82) is 0 Å². The number of likely N-dealkylation sites (tertiary alicyclic amines) is 1. The van der Waals surface area contributed by atoms with E-state index in [0.717, 1.165) is 45.7 Å². The van der Waals surface area contributed by atoms with Crippen molar-refractivity contribution in [2.24, 2.45) is 0 Å². The maximum absolute atomic E-state index is 12.9. The SMILES string of the molecule is CC1(c2ccc(C(=O)N3CCC(N4CCNCC4)C3)cc2)NC(=O)NC1=O. The minimum Gasteiger partial charge on any atom is -0.337 e. The molecule has 3 fully saturated rings. The van der Waals surface area contributed by atoms with Gasteiger partial charge in [0.1, 0.15) is 5.54 Å². The van der Waals surface area contributed by atoms with Gasteiger partial charge in [-0.15, -0.1) is 0 Å². The fraction of sp³-hybridized carbons (Fsp3) is 0.526. The summed E-state index contributed by atoms with van der Waals surface area (Å²) in [5.74, 6) is -0.366. The normalized spacial score (nSPS) is 28.9. The van der Waals surface area contributed by atoms with Crippen molar-refractivity contribution in [3.05, 3.63) is 35.4 Å². The summed E-state index contributed by atoms with van der Waals surface area (Å²) in [6.07, 6.45) is 1.01. The van der Waals surface area contributed by atoms with Crippen LogP contribution in [0.4, 0.5) is 4.79 Å². The average molecular weight is 371 g/mol. The number of piperazine rings is 1. The first-order valence-electron chi connectivity index (χ1n) is 9.45.